The standard InChI is InChI=1S/C33H30ClN5OS/c34-30-20-31(39(23-26-10-5-2-6-11-26)19-17-25-8-3-1-4-9-25)38-33(37-30)41-24-27-13-15-29(16-14-27)32(40)36-22-28-12-7-18-35-21-28/h1-16,18,20-21H,17,19,22-24H2,(H,36,40). The van der Waals surface area contributed by atoms with Gasteiger partial charge in [0.25, 0.3) is 5.91 Å². The fraction of sp³-hybridized carbons (Fsp3) is 0.152. The Hall–Kier alpha value is -4.20. The predicted molar refractivity (Wildman–Crippen MR) is 166 cm³/mol. The van der Waals surface area contributed by atoms with Crippen molar-refractivity contribution in [2.24, 2.45) is 0 Å². The number of hydrogen-bond acceptors (Lipinski definition) is 6. The van der Waals surface area contributed by atoms with Crippen LogP contribution in [0, 0.1) is 0 Å². The second-order valence-electron chi connectivity index (χ2n) is 9.50. The molecule has 0 bridgehead atoms. The molecule has 0 saturated heterocycles. The van der Waals surface area contributed by atoms with E-state index in [1.54, 1.807) is 12.4 Å². The van der Waals surface area contributed by atoms with Crippen LogP contribution in [0.5, 0.6) is 0 Å². The first-order chi connectivity index (χ1) is 20.1. The van der Waals surface area contributed by atoms with E-state index in [4.69, 9.17) is 16.6 Å². The number of carbonyl (C=O) groups is 1. The molecule has 2 heterocycles. The Labute approximate surface area is 249 Å². The maximum Gasteiger partial charge on any atom is 0.251 e. The number of pyridine rings is 1. The number of thioether (sulfide) groups is 1. The summed E-state index contributed by atoms with van der Waals surface area (Å²) in [5.74, 6) is 1.33. The van der Waals surface area contributed by atoms with Crippen LogP contribution >= 0.6 is 23.4 Å². The number of carbonyl (C=O) groups excluding carboxylic acids is 1. The molecule has 8 heteroatoms. The van der Waals surface area contributed by atoms with Crippen molar-refractivity contribution in [2.75, 3.05) is 11.4 Å². The second-order valence-corrected chi connectivity index (χ2v) is 10.8. The third kappa shape index (κ3) is 8.64. The molecule has 6 nitrogen and oxygen atoms in total. The van der Waals surface area contributed by atoms with E-state index < -0.39 is 0 Å². The van der Waals surface area contributed by atoms with Crippen LogP contribution in [0.1, 0.15) is 32.6 Å². The number of rotatable bonds is 12. The molecule has 1 N–H and O–H groups in total. The zero-order valence-corrected chi connectivity index (χ0v) is 24.1. The van der Waals surface area contributed by atoms with Gasteiger partial charge in [-0.15, -0.1) is 0 Å². The van der Waals surface area contributed by atoms with E-state index in [9.17, 15) is 4.79 Å². The van der Waals surface area contributed by atoms with Crippen molar-refractivity contribution in [3.05, 3.63) is 148 Å². The Morgan fingerprint density at radius 3 is 2.22 bits per heavy atom. The van der Waals surface area contributed by atoms with Crippen LogP contribution in [-0.2, 0) is 25.3 Å². The SMILES string of the molecule is O=C(NCc1cccnc1)c1ccc(CSc2nc(Cl)cc(N(CCc3ccccc3)Cc3ccccc3)n2)cc1. The molecule has 0 fully saturated rings. The number of halogens is 1. The Morgan fingerprint density at radius 2 is 1.51 bits per heavy atom. The third-order valence-corrected chi connectivity index (χ3v) is 7.59. The van der Waals surface area contributed by atoms with Gasteiger partial charge >= 0.3 is 0 Å². The average Bonchev–Trinajstić information content (AvgIpc) is 3.02. The number of nitrogens with one attached hydrogen (secondary N) is 1. The molecule has 206 valence electrons. The molecular weight excluding hydrogens is 550 g/mol. The number of hydrogen-bond donors (Lipinski definition) is 1. The van der Waals surface area contributed by atoms with Gasteiger partial charge in [0.15, 0.2) is 5.16 Å². The maximum absolute atomic E-state index is 12.5. The lowest BCUT2D eigenvalue weighted by Crippen LogP contribution is -2.26. The number of aromatic nitrogens is 3. The van der Waals surface area contributed by atoms with Gasteiger partial charge in [0, 0.05) is 49.4 Å². The summed E-state index contributed by atoms with van der Waals surface area (Å²) in [6.45, 7) is 1.95. The smallest absolute Gasteiger partial charge is 0.251 e. The van der Waals surface area contributed by atoms with E-state index in [1.807, 2.05) is 54.6 Å². The van der Waals surface area contributed by atoms with Gasteiger partial charge in [-0.3, -0.25) is 9.78 Å². The first kappa shape index (κ1) is 28.3. The van der Waals surface area contributed by atoms with Gasteiger partial charge in [-0.05, 0) is 46.9 Å². The molecule has 1 amide bonds. The predicted octanol–water partition coefficient (Wildman–Crippen LogP) is 7.00. The van der Waals surface area contributed by atoms with Crippen molar-refractivity contribution in [1.29, 1.82) is 0 Å². The molecule has 0 unspecified atom stereocenters. The van der Waals surface area contributed by atoms with Gasteiger partial charge < -0.3 is 10.2 Å². The minimum atomic E-state index is -0.120. The largest absolute Gasteiger partial charge is 0.352 e. The van der Waals surface area contributed by atoms with Gasteiger partial charge in [-0.2, -0.15) is 0 Å². The summed E-state index contributed by atoms with van der Waals surface area (Å²) in [7, 11) is 0. The van der Waals surface area contributed by atoms with Crippen molar-refractivity contribution < 1.29 is 4.79 Å². The molecule has 41 heavy (non-hydrogen) atoms. The summed E-state index contributed by atoms with van der Waals surface area (Å²) in [6, 6.07) is 34.0. The molecule has 2 aromatic heterocycles. The summed E-state index contributed by atoms with van der Waals surface area (Å²) in [4.78, 5) is 28.2. The van der Waals surface area contributed by atoms with Crippen LogP contribution in [0.25, 0.3) is 0 Å². The maximum atomic E-state index is 12.5. The van der Waals surface area contributed by atoms with Crippen LogP contribution in [0.2, 0.25) is 5.15 Å². The highest BCUT2D eigenvalue weighted by Crippen LogP contribution is 2.26. The number of nitrogens with zero attached hydrogens (tertiary/aromatic N) is 4. The van der Waals surface area contributed by atoms with Crippen molar-refractivity contribution in [3.63, 3.8) is 0 Å². The van der Waals surface area contributed by atoms with Crippen LogP contribution in [0.3, 0.4) is 0 Å². The summed E-state index contributed by atoms with van der Waals surface area (Å²) in [5.41, 5.74) is 5.11. The molecule has 0 saturated carbocycles. The van der Waals surface area contributed by atoms with E-state index in [0.29, 0.717) is 28.2 Å². The molecule has 0 aliphatic rings. The Kier molecular flexibility index (Phi) is 9.98. The zero-order chi connectivity index (χ0) is 28.3. The molecule has 0 atom stereocenters. The van der Waals surface area contributed by atoms with Crippen LogP contribution in [0.4, 0.5) is 5.82 Å². The lowest BCUT2D eigenvalue weighted by Gasteiger charge is -2.24. The molecule has 0 aliphatic carbocycles. The van der Waals surface area contributed by atoms with Crippen molar-refractivity contribution in [3.8, 4) is 0 Å². The molecule has 3 aromatic carbocycles. The molecular formula is C33H30ClN5OS. The summed E-state index contributed by atoms with van der Waals surface area (Å²) >= 11 is 8.01. The lowest BCUT2D eigenvalue weighted by atomic mass is 10.1. The monoisotopic (exact) mass is 579 g/mol. The second kappa shape index (κ2) is 14.4. The van der Waals surface area contributed by atoms with Crippen molar-refractivity contribution in [1.82, 2.24) is 20.3 Å². The number of anilines is 1. The number of benzene rings is 3. The highest BCUT2D eigenvalue weighted by atomic mass is 35.5. The molecule has 5 rings (SSSR count). The van der Waals surface area contributed by atoms with E-state index in [2.05, 4.69) is 68.7 Å². The van der Waals surface area contributed by atoms with E-state index in [-0.39, 0.29) is 5.91 Å². The minimum Gasteiger partial charge on any atom is -0.352 e. The molecule has 0 radical (unpaired) electrons. The minimum absolute atomic E-state index is 0.120. The zero-order valence-electron chi connectivity index (χ0n) is 22.5. The van der Waals surface area contributed by atoms with E-state index in [0.717, 1.165) is 36.5 Å². The lowest BCUT2D eigenvalue weighted by molar-refractivity contribution is 0.0951. The first-order valence-corrected chi connectivity index (χ1v) is 14.7. The first-order valence-electron chi connectivity index (χ1n) is 13.4. The quantitative estimate of drug-likeness (QED) is 0.0975. The Bertz CT molecular complexity index is 1540. The molecule has 0 spiro atoms. The topological polar surface area (TPSA) is 71.0 Å². The van der Waals surface area contributed by atoms with Gasteiger partial charge in [0.1, 0.15) is 11.0 Å². The highest BCUT2D eigenvalue weighted by Gasteiger charge is 2.14. The molecule has 5 aromatic rings. The van der Waals surface area contributed by atoms with Crippen LogP contribution in [-0.4, -0.2) is 27.4 Å². The summed E-state index contributed by atoms with van der Waals surface area (Å²) in [5, 5.41) is 3.96. The van der Waals surface area contributed by atoms with Gasteiger partial charge in [0.2, 0.25) is 0 Å². The highest BCUT2D eigenvalue weighted by molar-refractivity contribution is 7.98. The third-order valence-electron chi connectivity index (χ3n) is 6.47. The van der Waals surface area contributed by atoms with Crippen molar-refractivity contribution >= 4 is 35.1 Å². The summed E-state index contributed by atoms with van der Waals surface area (Å²) in [6.07, 6.45) is 4.35. The van der Waals surface area contributed by atoms with Gasteiger partial charge in [-0.1, -0.05) is 102 Å². The fourth-order valence-electron chi connectivity index (χ4n) is 4.29. The fourth-order valence-corrected chi connectivity index (χ4v) is 5.32. The van der Waals surface area contributed by atoms with E-state index in [1.165, 1.54) is 22.9 Å². The summed E-state index contributed by atoms with van der Waals surface area (Å²) < 4.78 is 0. The van der Waals surface area contributed by atoms with Crippen LogP contribution in [0.15, 0.2) is 121 Å². The number of amides is 1. The van der Waals surface area contributed by atoms with E-state index >= 15 is 0 Å². The van der Waals surface area contributed by atoms with Gasteiger partial charge in [-0.25, -0.2) is 9.97 Å². The van der Waals surface area contributed by atoms with Crippen molar-refractivity contribution in [2.45, 2.75) is 30.4 Å². The Morgan fingerprint density at radius 1 is 0.805 bits per heavy atom. The normalized spacial score (nSPS) is 10.8. The Balaban J connectivity index is 1.23. The van der Waals surface area contributed by atoms with Gasteiger partial charge in [0.05, 0.1) is 0 Å². The van der Waals surface area contributed by atoms with Crippen LogP contribution < -0.4 is 10.2 Å². The average molecular weight is 580 g/mol. The molecule has 0 aliphatic heterocycles.